The highest BCUT2D eigenvalue weighted by Crippen LogP contribution is 2.01. The first-order valence-electron chi connectivity index (χ1n) is 7.69. The summed E-state index contributed by atoms with van der Waals surface area (Å²) in [5.74, 6) is -3.48. The van der Waals surface area contributed by atoms with Crippen LogP contribution in [0.3, 0.4) is 0 Å². The van der Waals surface area contributed by atoms with Crippen LogP contribution in [0, 0.1) is 0 Å². The van der Waals surface area contributed by atoms with Gasteiger partial charge in [-0.25, -0.2) is 4.98 Å². The molecule has 0 aromatic carbocycles. The van der Waals surface area contributed by atoms with Gasteiger partial charge in [0.2, 0.25) is 17.7 Å². The fraction of sp³-hybridized carbons (Fsp3) is 0.500. The van der Waals surface area contributed by atoms with E-state index in [2.05, 4.69) is 25.9 Å². The number of nitrogens with one attached hydrogen (secondary N) is 4. The number of carboxylic acids is 1. The molecule has 0 bridgehead atoms. The number of hydrogen-bond donors (Lipinski definition) is 7. The summed E-state index contributed by atoms with van der Waals surface area (Å²) < 4.78 is 0. The number of nitrogens with two attached hydrogens (primary N) is 1. The number of amides is 3. The second kappa shape index (κ2) is 10.1. The van der Waals surface area contributed by atoms with E-state index in [1.165, 1.54) is 19.4 Å². The number of carbonyl (C=O) groups excluding carboxylic acids is 3. The van der Waals surface area contributed by atoms with Crippen LogP contribution in [0.4, 0.5) is 0 Å². The lowest BCUT2D eigenvalue weighted by atomic mass is 10.1. The molecule has 8 N–H and O–H groups in total. The molecule has 3 atom stereocenters. The molecule has 0 fully saturated rings. The van der Waals surface area contributed by atoms with E-state index in [9.17, 15) is 24.3 Å². The van der Waals surface area contributed by atoms with Crippen LogP contribution in [0.15, 0.2) is 12.5 Å². The van der Waals surface area contributed by atoms with Crippen LogP contribution >= 0.6 is 0 Å². The predicted octanol–water partition coefficient (Wildman–Crippen LogP) is -3.54. The summed E-state index contributed by atoms with van der Waals surface area (Å²) in [5, 5.41) is 25.2. The van der Waals surface area contributed by atoms with Crippen molar-refractivity contribution in [2.75, 3.05) is 13.1 Å². The van der Waals surface area contributed by atoms with Crippen molar-refractivity contribution in [3.8, 4) is 0 Å². The molecule has 12 heteroatoms. The Balaban J connectivity index is 2.87. The van der Waals surface area contributed by atoms with Crippen molar-refractivity contribution in [1.82, 2.24) is 25.9 Å². The van der Waals surface area contributed by atoms with Gasteiger partial charge in [0.05, 0.1) is 19.0 Å². The quantitative estimate of drug-likeness (QED) is 0.219. The van der Waals surface area contributed by atoms with Crippen LogP contribution in [-0.4, -0.2) is 75.1 Å². The average molecular weight is 370 g/mol. The van der Waals surface area contributed by atoms with E-state index in [0.717, 1.165) is 0 Å². The van der Waals surface area contributed by atoms with Crippen molar-refractivity contribution in [2.45, 2.75) is 31.5 Å². The van der Waals surface area contributed by atoms with Gasteiger partial charge in [-0.15, -0.1) is 0 Å². The van der Waals surface area contributed by atoms with Gasteiger partial charge < -0.3 is 36.9 Å². The van der Waals surface area contributed by atoms with Crippen LogP contribution in [0.2, 0.25) is 0 Å². The number of carboxylic acid groups (broad SMARTS) is 1. The van der Waals surface area contributed by atoms with E-state index in [1.54, 1.807) is 0 Å². The second-order valence-corrected chi connectivity index (χ2v) is 5.44. The second-order valence-electron chi connectivity index (χ2n) is 5.44. The molecule has 1 heterocycles. The molecule has 26 heavy (non-hydrogen) atoms. The number of carbonyl (C=O) groups is 4. The number of aliphatic hydroxyl groups excluding tert-OH is 1. The number of aliphatic carboxylic acids is 1. The Morgan fingerprint density at radius 1 is 1.27 bits per heavy atom. The number of rotatable bonds is 10. The Bertz CT molecular complexity index is 632. The third kappa shape index (κ3) is 6.86. The lowest BCUT2D eigenvalue weighted by Gasteiger charge is -2.24. The molecule has 0 aliphatic heterocycles. The van der Waals surface area contributed by atoms with E-state index in [4.69, 9.17) is 10.8 Å². The summed E-state index contributed by atoms with van der Waals surface area (Å²) in [6.45, 7) is 0.278. The summed E-state index contributed by atoms with van der Waals surface area (Å²) >= 11 is 0. The molecule has 0 radical (unpaired) electrons. The van der Waals surface area contributed by atoms with E-state index in [-0.39, 0.29) is 13.0 Å². The fourth-order valence-electron chi connectivity index (χ4n) is 2.01. The zero-order valence-corrected chi connectivity index (χ0v) is 14.1. The molecule has 144 valence electrons. The zero-order chi connectivity index (χ0) is 19.7. The van der Waals surface area contributed by atoms with Crippen LogP contribution in [0.5, 0.6) is 0 Å². The molecule has 3 unspecified atom stereocenters. The third-order valence-electron chi connectivity index (χ3n) is 3.29. The highest BCUT2D eigenvalue weighted by molar-refractivity contribution is 5.93. The highest BCUT2D eigenvalue weighted by atomic mass is 16.4. The van der Waals surface area contributed by atoms with Crippen LogP contribution in [0.1, 0.15) is 12.6 Å². The molecule has 1 aromatic heterocycles. The Hall–Kier alpha value is -2.99. The summed E-state index contributed by atoms with van der Waals surface area (Å²) in [6, 6.07) is -2.49. The molecule has 1 aromatic rings. The average Bonchev–Trinajstić information content (AvgIpc) is 3.09. The van der Waals surface area contributed by atoms with Crippen molar-refractivity contribution < 1.29 is 29.4 Å². The number of H-pyrrole nitrogens is 1. The van der Waals surface area contributed by atoms with E-state index >= 15 is 0 Å². The molecule has 0 aliphatic carbocycles. The largest absolute Gasteiger partial charge is 0.480 e. The predicted molar refractivity (Wildman–Crippen MR) is 87.5 cm³/mol. The maximum absolute atomic E-state index is 12.4. The highest BCUT2D eigenvalue weighted by Gasteiger charge is 2.30. The monoisotopic (exact) mass is 370 g/mol. The fourth-order valence-corrected chi connectivity index (χ4v) is 2.01. The first-order valence-corrected chi connectivity index (χ1v) is 7.69. The summed E-state index contributed by atoms with van der Waals surface area (Å²) in [7, 11) is 0. The maximum Gasteiger partial charge on any atom is 0.322 e. The van der Waals surface area contributed by atoms with Gasteiger partial charge in [0.1, 0.15) is 18.6 Å². The Kier molecular flexibility index (Phi) is 8.18. The van der Waals surface area contributed by atoms with Crippen molar-refractivity contribution >= 4 is 23.7 Å². The third-order valence-corrected chi connectivity index (χ3v) is 3.29. The molecule has 0 aliphatic rings. The molecular formula is C14H22N6O6. The normalized spacial score (nSPS) is 14.0. The smallest absolute Gasteiger partial charge is 0.322 e. The number of imidazole rings is 1. The standard InChI is InChI=1S/C14H22N6O6/c1-7(21)12(20-10(22)3-15)14(26)19-9(2-8-4-16-6-18-8)13(25)17-5-11(23)24/h4,6-7,9,12,21H,2-3,5,15H2,1H3,(H,16,18)(H,17,25)(H,19,26)(H,20,22)(H,23,24). The van der Waals surface area contributed by atoms with Gasteiger partial charge in [-0.05, 0) is 6.92 Å². The van der Waals surface area contributed by atoms with Gasteiger partial charge in [0.15, 0.2) is 0 Å². The number of nitrogens with zero attached hydrogens (tertiary/aromatic N) is 1. The zero-order valence-electron chi connectivity index (χ0n) is 14.1. The van der Waals surface area contributed by atoms with E-state index < -0.39 is 48.4 Å². The van der Waals surface area contributed by atoms with Gasteiger partial charge in [0, 0.05) is 18.3 Å². The van der Waals surface area contributed by atoms with E-state index in [0.29, 0.717) is 5.69 Å². The van der Waals surface area contributed by atoms with Crippen LogP contribution < -0.4 is 21.7 Å². The number of aromatic nitrogens is 2. The minimum absolute atomic E-state index is 0.00540. The Labute approximate surface area is 148 Å². The molecule has 1 rings (SSSR count). The summed E-state index contributed by atoms with van der Waals surface area (Å²) in [6.07, 6.45) is 1.56. The number of aromatic amines is 1. The Morgan fingerprint density at radius 2 is 1.96 bits per heavy atom. The molecule has 0 spiro atoms. The SMILES string of the molecule is CC(O)C(NC(=O)CN)C(=O)NC(Cc1cnc[nH]1)C(=O)NCC(=O)O. The molecule has 3 amide bonds. The first-order chi connectivity index (χ1) is 12.2. The molecule has 0 saturated heterocycles. The topological polar surface area (TPSA) is 200 Å². The van der Waals surface area contributed by atoms with Crippen LogP contribution in [0.25, 0.3) is 0 Å². The molecular weight excluding hydrogens is 348 g/mol. The Morgan fingerprint density at radius 3 is 2.46 bits per heavy atom. The van der Waals surface area contributed by atoms with Crippen molar-refractivity contribution in [3.05, 3.63) is 18.2 Å². The van der Waals surface area contributed by atoms with Crippen molar-refractivity contribution in [2.24, 2.45) is 5.73 Å². The van der Waals surface area contributed by atoms with Gasteiger partial charge in [0.25, 0.3) is 0 Å². The molecule has 12 nitrogen and oxygen atoms in total. The van der Waals surface area contributed by atoms with Crippen LogP contribution in [-0.2, 0) is 25.6 Å². The van der Waals surface area contributed by atoms with Gasteiger partial charge >= 0.3 is 5.97 Å². The van der Waals surface area contributed by atoms with E-state index in [1.807, 2.05) is 0 Å². The van der Waals surface area contributed by atoms with Gasteiger partial charge in [-0.2, -0.15) is 0 Å². The minimum atomic E-state index is -1.33. The van der Waals surface area contributed by atoms with Gasteiger partial charge in [-0.3, -0.25) is 19.2 Å². The lowest BCUT2D eigenvalue weighted by Crippen LogP contribution is -2.58. The summed E-state index contributed by atoms with van der Waals surface area (Å²) in [4.78, 5) is 53.1. The molecule has 0 saturated carbocycles. The summed E-state index contributed by atoms with van der Waals surface area (Å²) in [5.41, 5.74) is 5.69. The maximum atomic E-state index is 12.4. The van der Waals surface area contributed by atoms with Gasteiger partial charge in [-0.1, -0.05) is 0 Å². The first kappa shape index (κ1) is 21.1. The van der Waals surface area contributed by atoms with Crippen molar-refractivity contribution in [3.63, 3.8) is 0 Å². The number of aliphatic hydroxyl groups is 1. The minimum Gasteiger partial charge on any atom is -0.480 e. The van der Waals surface area contributed by atoms with Crippen molar-refractivity contribution in [1.29, 1.82) is 0 Å². The lowest BCUT2D eigenvalue weighted by molar-refractivity contribution is -0.138. The number of hydrogen-bond acceptors (Lipinski definition) is 7.